The number of aromatic nitrogens is 2. The van der Waals surface area contributed by atoms with E-state index in [9.17, 15) is 4.79 Å². The summed E-state index contributed by atoms with van der Waals surface area (Å²) in [4.78, 5) is 16.8. The maximum atomic E-state index is 12.8. The van der Waals surface area contributed by atoms with Crippen LogP contribution < -0.4 is 0 Å². The van der Waals surface area contributed by atoms with Gasteiger partial charge in [0.15, 0.2) is 5.78 Å². The molecule has 0 unspecified atom stereocenters. The van der Waals surface area contributed by atoms with Crippen molar-refractivity contribution in [1.82, 2.24) is 9.55 Å². The quantitative estimate of drug-likeness (QED) is 0.680. The normalized spacial score (nSPS) is 10.9. The van der Waals surface area contributed by atoms with Gasteiger partial charge in [-0.15, -0.1) is 0 Å². The van der Waals surface area contributed by atoms with Gasteiger partial charge in [-0.3, -0.25) is 9.78 Å². The molecule has 20 heavy (non-hydrogen) atoms. The Hall–Kier alpha value is -2.42. The highest BCUT2D eigenvalue weighted by Crippen LogP contribution is 2.27. The molecule has 0 bridgehead atoms. The lowest BCUT2D eigenvalue weighted by molar-refractivity contribution is 0.103. The molecule has 0 N–H and O–H groups in total. The molecular weight excluding hydrogens is 248 g/mol. The van der Waals surface area contributed by atoms with Crippen molar-refractivity contribution in [3.63, 3.8) is 0 Å². The number of hydrogen-bond acceptors (Lipinski definition) is 2. The fourth-order valence-electron chi connectivity index (χ4n) is 2.75. The molecule has 2 aromatic heterocycles. The van der Waals surface area contributed by atoms with E-state index in [1.54, 1.807) is 18.5 Å². The molecule has 0 spiro atoms. The number of fused-ring (bicyclic) bond motifs is 1. The number of aryl methyl sites for hydroxylation is 1. The van der Waals surface area contributed by atoms with Crippen LogP contribution in [0.25, 0.3) is 10.9 Å². The van der Waals surface area contributed by atoms with Gasteiger partial charge in [-0.1, -0.05) is 25.1 Å². The first-order valence-corrected chi connectivity index (χ1v) is 6.75. The van der Waals surface area contributed by atoms with Gasteiger partial charge in [-0.2, -0.15) is 0 Å². The zero-order valence-electron chi connectivity index (χ0n) is 11.6. The first-order valence-electron chi connectivity index (χ1n) is 6.75. The molecular formula is C17H16N2O. The predicted octanol–water partition coefficient (Wildman–Crippen LogP) is 3.37. The second-order valence-electron chi connectivity index (χ2n) is 4.82. The van der Waals surface area contributed by atoms with Crippen molar-refractivity contribution >= 4 is 16.7 Å². The summed E-state index contributed by atoms with van der Waals surface area (Å²) in [5, 5.41) is 1.01. The maximum absolute atomic E-state index is 12.8. The van der Waals surface area contributed by atoms with Gasteiger partial charge in [0.2, 0.25) is 0 Å². The third kappa shape index (κ3) is 1.83. The van der Waals surface area contributed by atoms with E-state index in [0.29, 0.717) is 5.56 Å². The van der Waals surface area contributed by atoms with Crippen molar-refractivity contribution in [3.05, 3.63) is 65.6 Å². The van der Waals surface area contributed by atoms with E-state index in [-0.39, 0.29) is 5.78 Å². The lowest BCUT2D eigenvalue weighted by Crippen LogP contribution is -2.06. The Labute approximate surface area is 117 Å². The first kappa shape index (κ1) is 12.6. The number of carbonyl (C=O) groups excluding carboxylic acids is 1. The number of para-hydroxylation sites is 1. The zero-order valence-corrected chi connectivity index (χ0v) is 11.6. The molecule has 3 aromatic rings. The van der Waals surface area contributed by atoms with E-state index in [0.717, 1.165) is 28.6 Å². The second-order valence-corrected chi connectivity index (χ2v) is 4.82. The number of benzene rings is 1. The summed E-state index contributed by atoms with van der Waals surface area (Å²) < 4.78 is 2.11. The molecule has 3 heteroatoms. The molecule has 3 nitrogen and oxygen atoms in total. The number of ketones is 1. The molecule has 3 rings (SSSR count). The van der Waals surface area contributed by atoms with Crippen LogP contribution in [0.5, 0.6) is 0 Å². The van der Waals surface area contributed by atoms with Gasteiger partial charge in [-0.05, 0) is 24.6 Å². The monoisotopic (exact) mass is 264 g/mol. The lowest BCUT2D eigenvalue weighted by Gasteiger charge is -2.04. The van der Waals surface area contributed by atoms with Gasteiger partial charge < -0.3 is 4.57 Å². The molecule has 0 fully saturated rings. The smallest absolute Gasteiger partial charge is 0.197 e. The number of hydrogen-bond donors (Lipinski definition) is 0. The Morgan fingerprint density at radius 1 is 1.20 bits per heavy atom. The van der Waals surface area contributed by atoms with E-state index in [4.69, 9.17) is 0 Å². The fraction of sp³-hybridized carbons (Fsp3) is 0.176. The molecule has 0 saturated carbocycles. The van der Waals surface area contributed by atoms with Crippen LogP contribution in [0.4, 0.5) is 0 Å². The Balaban J connectivity index is 2.28. The number of rotatable bonds is 3. The number of carbonyl (C=O) groups is 1. The molecule has 0 aliphatic heterocycles. The minimum atomic E-state index is 0.0479. The van der Waals surface area contributed by atoms with Crippen LogP contribution in [0.2, 0.25) is 0 Å². The summed E-state index contributed by atoms with van der Waals surface area (Å²) in [7, 11) is 2.02. The largest absolute Gasteiger partial charge is 0.347 e. The van der Waals surface area contributed by atoms with Crippen LogP contribution in [-0.2, 0) is 13.5 Å². The summed E-state index contributed by atoms with van der Waals surface area (Å²) in [5.41, 5.74) is 3.61. The highest BCUT2D eigenvalue weighted by molar-refractivity contribution is 6.17. The Morgan fingerprint density at radius 2 is 2.00 bits per heavy atom. The van der Waals surface area contributed by atoms with Gasteiger partial charge in [0.05, 0.1) is 5.56 Å². The SMILES string of the molecule is CCc1c(C(=O)c2cccnc2)c2ccccc2n1C. The van der Waals surface area contributed by atoms with Crippen molar-refractivity contribution < 1.29 is 4.79 Å². The first-order chi connectivity index (χ1) is 9.74. The molecule has 0 saturated heterocycles. The zero-order chi connectivity index (χ0) is 14.1. The molecule has 2 heterocycles. The fourth-order valence-corrected chi connectivity index (χ4v) is 2.75. The second kappa shape index (κ2) is 4.93. The Kier molecular flexibility index (Phi) is 3.11. The molecule has 0 aliphatic carbocycles. The Morgan fingerprint density at radius 3 is 2.70 bits per heavy atom. The standard InChI is InChI=1S/C17H16N2O/c1-3-14-16(17(20)12-7-6-10-18-11-12)13-8-4-5-9-15(13)19(14)2/h4-11H,3H2,1-2H3. The Bertz CT molecular complexity index is 772. The van der Waals surface area contributed by atoms with Gasteiger partial charge in [0.25, 0.3) is 0 Å². The molecule has 0 amide bonds. The minimum absolute atomic E-state index is 0.0479. The summed E-state index contributed by atoms with van der Waals surface area (Å²) in [6.07, 6.45) is 4.14. The molecule has 0 radical (unpaired) electrons. The predicted molar refractivity (Wildman–Crippen MR) is 80.0 cm³/mol. The van der Waals surface area contributed by atoms with Gasteiger partial charge in [0.1, 0.15) is 0 Å². The van der Waals surface area contributed by atoms with Crippen molar-refractivity contribution in [2.75, 3.05) is 0 Å². The highest BCUT2D eigenvalue weighted by Gasteiger charge is 2.20. The summed E-state index contributed by atoms with van der Waals surface area (Å²) >= 11 is 0. The van der Waals surface area contributed by atoms with E-state index < -0.39 is 0 Å². The van der Waals surface area contributed by atoms with Gasteiger partial charge in [0, 0.05) is 41.6 Å². The number of pyridine rings is 1. The summed E-state index contributed by atoms with van der Waals surface area (Å²) in [5.74, 6) is 0.0479. The van der Waals surface area contributed by atoms with Crippen LogP contribution in [0.15, 0.2) is 48.8 Å². The molecule has 100 valence electrons. The maximum Gasteiger partial charge on any atom is 0.197 e. The number of nitrogens with zero attached hydrogens (tertiary/aromatic N) is 2. The van der Waals surface area contributed by atoms with Crippen LogP contribution in [0, 0.1) is 0 Å². The van der Waals surface area contributed by atoms with Crippen LogP contribution in [0.3, 0.4) is 0 Å². The van der Waals surface area contributed by atoms with E-state index in [2.05, 4.69) is 22.5 Å². The lowest BCUT2D eigenvalue weighted by atomic mass is 10.0. The average molecular weight is 264 g/mol. The molecule has 1 aromatic carbocycles. The van der Waals surface area contributed by atoms with Crippen molar-refractivity contribution in [2.45, 2.75) is 13.3 Å². The third-order valence-electron chi connectivity index (χ3n) is 3.71. The van der Waals surface area contributed by atoms with E-state index in [1.807, 2.05) is 31.3 Å². The highest BCUT2D eigenvalue weighted by atomic mass is 16.1. The van der Waals surface area contributed by atoms with E-state index in [1.165, 1.54) is 0 Å². The summed E-state index contributed by atoms with van der Waals surface area (Å²) in [6, 6.07) is 11.6. The van der Waals surface area contributed by atoms with Gasteiger partial charge >= 0.3 is 0 Å². The average Bonchev–Trinajstić information content (AvgIpc) is 2.80. The van der Waals surface area contributed by atoms with Crippen LogP contribution >= 0.6 is 0 Å². The van der Waals surface area contributed by atoms with Crippen LogP contribution in [0.1, 0.15) is 28.5 Å². The van der Waals surface area contributed by atoms with E-state index >= 15 is 0 Å². The van der Waals surface area contributed by atoms with Crippen molar-refractivity contribution in [2.24, 2.45) is 7.05 Å². The summed E-state index contributed by atoms with van der Waals surface area (Å²) in [6.45, 7) is 2.08. The van der Waals surface area contributed by atoms with Crippen molar-refractivity contribution in [3.8, 4) is 0 Å². The molecule has 0 aliphatic rings. The van der Waals surface area contributed by atoms with Gasteiger partial charge in [-0.25, -0.2) is 0 Å². The third-order valence-corrected chi connectivity index (χ3v) is 3.71. The molecule has 0 atom stereocenters. The minimum Gasteiger partial charge on any atom is -0.347 e. The van der Waals surface area contributed by atoms with Crippen LogP contribution in [-0.4, -0.2) is 15.3 Å². The topological polar surface area (TPSA) is 34.9 Å². The van der Waals surface area contributed by atoms with Crippen molar-refractivity contribution in [1.29, 1.82) is 0 Å².